The van der Waals surface area contributed by atoms with Crippen LogP contribution in [-0.2, 0) is 5.41 Å². The molecular formula is C33H27N. The molecule has 0 N–H and O–H groups in total. The molecule has 1 heteroatoms. The van der Waals surface area contributed by atoms with E-state index >= 15 is 0 Å². The van der Waals surface area contributed by atoms with Crippen molar-refractivity contribution in [2.75, 3.05) is 4.90 Å². The van der Waals surface area contributed by atoms with Crippen LogP contribution >= 0.6 is 0 Å². The average molecular weight is 438 g/mol. The normalized spacial score (nSPS) is 13.2. The summed E-state index contributed by atoms with van der Waals surface area (Å²) in [5.41, 5.74) is 11.5. The smallest absolute Gasteiger partial charge is 0.0462 e. The zero-order valence-corrected chi connectivity index (χ0v) is 19.6. The number of hydrogen-bond acceptors (Lipinski definition) is 1. The van der Waals surface area contributed by atoms with Crippen molar-refractivity contribution in [3.8, 4) is 22.3 Å². The Morgan fingerprint density at radius 1 is 0.441 bits per heavy atom. The third-order valence-electron chi connectivity index (χ3n) is 7.07. The summed E-state index contributed by atoms with van der Waals surface area (Å²) < 4.78 is 0. The van der Waals surface area contributed by atoms with Crippen molar-refractivity contribution in [2.24, 2.45) is 0 Å². The molecule has 34 heavy (non-hydrogen) atoms. The first kappa shape index (κ1) is 20.5. The van der Waals surface area contributed by atoms with Gasteiger partial charge in [-0.05, 0) is 75.8 Å². The monoisotopic (exact) mass is 437 g/mol. The summed E-state index contributed by atoms with van der Waals surface area (Å²) in [4.78, 5) is 2.30. The molecule has 1 nitrogen and oxygen atoms in total. The lowest BCUT2D eigenvalue weighted by Gasteiger charge is -2.25. The molecule has 1 aliphatic carbocycles. The third-order valence-corrected chi connectivity index (χ3v) is 7.07. The van der Waals surface area contributed by atoms with Gasteiger partial charge in [0.2, 0.25) is 0 Å². The van der Waals surface area contributed by atoms with E-state index in [2.05, 4.69) is 146 Å². The number of benzene rings is 5. The molecule has 0 aliphatic heterocycles. The predicted molar refractivity (Wildman–Crippen MR) is 144 cm³/mol. The van der Waals surface area contributed by atoms with E-state index in [9.17, 15) is 0 Å². The molecule has 6 rings (SSSR count). The van der Waals surface area contributed by atoms with Gasteiger partial charge in [0.15, 0.2) is 0 Å². The molecule has 0 amide bonds. The van der Waals surface area contributed by atoms with Gasteiger partial charge in [0.05, 0.1) is 0 Å². The van der Waals surface area contributed by atoms with Gasteiger partial charge < -0.3 is 4.90 Å². The van der Waals surface area contributed by atoms with Crippen LogP contribution in [-0.4, -0.2) is 0 Å². The van der Waals surface area contributed by atoms with Crippen LogP contribution in [0.4, 0.5) is 17.1 Å². The molecule has 164 valence electrons. The van der Waals surface area contributed by atoms with Gasteiger partial charge >= 0.3 is 0 Å². The molecule has 0 radical (unpaired) electrons. The van der Waals surface area contributed by atoms with Crippen molar-refractivity contribution in [1.82, 2.24) is 0 Å². The molecule has 1 aliphatic rings. The number of nitrogens with zero attached hydrogens (tertiary/aromatic N) is 1. The van der Waals surface area contributed by atoms with E-state index in [0.717, 1.165) is 17.1 Å². The van der Waals surface area contributed by atoms with E-state index in [1.54, 1.807) is 0 Å². The Morgan fingerprint density at radius 2 is 0.941 bits per heavy atom. The molecule has 0 unspecified atom stereocenters. The fourth-order valence-corrected chi connectivity index (χ4v) is 5.30. The van der Waals surface area contributed by atoms with Gasteiger partial charge in [-0.15, -0.1) is 0 Å². The van der Waals surface area contributed by atoms with Crippen LogP contribution in [0.3, 0.4) is 0 Å². The van der Waals surface area contributed by atoms with E-state index in [-0.39, 0.29) is 5.41 Å². The molecular weight excluding hydrogens is 410 g/mol. The largest absolute Gasteiger partial charge is 0.311 e. The fourth-order valence-electron chi connectivity index (χ4n) is 5.30. The third kappa shape index (κ3) is 3.33. The summed E-state index contributed by atoms with van der Waals surface area (Å²) in [6.45, 7) is 4.65. The SMILES string of the molecule is CC1(C)c2ccccc2-c2cc(-c3ccc(N(c4ccccc4)c4ccccc4)cc3)ccc21. The van der Waals surface area contributed by atoms with Crippen molar-refractivity contribution in [2.45, 2.75) is 19.3 Å². The van der Waals surface area contributed by atoms with Crippen molar-refractivity contribution < 1.29 is 0 Å². The maximum atomic E-state index is 2.37. The molecule has 0 heterocycles. The number of rotatable bonds is 4. The van der Waals surface area contributed by atoms with Gasteiger partial charge in [0.1, 0.15) is 0 Å². The Labute approximate surface area is 202 Å². The van der Waals surface area contributed by atoms with Crippen LogP contribution in [0, 0.1) is 0 Å². The zero-order chi connectivity index (χ0) is 23.1. The lowest BCUT2D eigenvalue weighted by molar-refractivity contribution is 0.660. The molecule has 5 aromatic rings. The molecule has 0 saturated heterocycles. The summed E-state index contributed by atoms with van der Waals surface area (Å²) in [5.74, 6) is 0. The maximum Gasteiger partial charge on any atom is 0.0462 e. The van der Waals surface area contributed by atoms with E-state index < -0.39 is 0 Å². The lowest BCUT2D eigenvalue weighted by atomic mass is 9.82. The molecule has 0 atom stereocenters. The first-order valence-electron chi connectivity index (χ1n) is 11.9. The summed E-state index contributed by atoms with van der Waals surface area (Å²) in [7, 11) is 0. The number of para-hydroxylation sites is 2. The predicted octanol–water partition coefficient (Wildman–Crippen LogP) is 9.13. The molecule has 0 spiro atoms. The van der Waals surface area contributed by atoms with Crippen LogP contribution in [0.1, 0.15) is 25.0 Å². The summed E-state index contributed by atoms with van der Waals surface area (Å²) in [6.07, 6.45) is 0. The fraction of sp³-hybridized carbons (Fsp3) is 0.0909. The van der Waals surface area contributed by atoms with Crippen molar-refractivity contribution in [3.05, 3.63) is 139 Å². The van der Waals surface area contributed by atoms with Crippen LogP contribution in [0.25, 0.3) is 22.3 Å². The van der Waals surface area contributed by atoms with Gasteiger partial charge in [-0.2, -0.15) is 0 Å². The van der Waals surface area contributed by atoms with E-state index in [0.29, 0.717) is 0 Å². The van der Waals surface area contributed by atoms with Crippen LogP contribution < -0.4 is 4.90 Å². The standard InChI is InChI=1S/C33H27N/c1-33(2)31-16-10-9-15-29(31)30-23-25(19-22-32(30)33)24-17-20-28(21-18-24)34(26-11-5-3-6-12-26)27-13-7-4-8-14-27/h3-23H,1-2H3. The van der Waals surface area contributed by atoms with Gasteiger partial charge in [0, 0.05) is 22.5 Å². The summed E-state index contributed by atoms with van der Waals surface area (Å²) in [6, 6.07) is 45.8. The summed E-state index contributed by atoms with van der Waals surface area (Å²) >= 11 is 0. The number of fused-ring (bicyclic) bond motifs is 3. The highest BCUT2D eigenvalue weighted by molar-refractivity contribution is 5.85. The minimum absolute atomic E-state index is 0.0418. The second-order valence-electron chi connectivity index (χ2n) is 9.48. The molecule has 0 aromatic heterocycles. The Balaban J connectivity index is 1.40. The van der Waals surface area contributed by atoms with Crippen molar-refractivity contribution >= 4 is 17.1 Å². The van der Waals surface area contributed by atoms with Crippen molar-refractivity contribution in [1.29, 1.82) is 0 Å². The second-order valence-corrected chi connectivity index (χ2v) is 9.48. The van der Waals surface area contributed by atoms with Crippen LogP contribution in [0.2, 0.25) is 0 Å². The average Bonchev–Trinajstić information content (AvgIpc) is 3.12. The van der Waals surface area contributed by atoms with Gasteiger partial charge in [-0.1, -0.05) is 98.8 Å². The van der Waals surface area contributed by atoms with Crippen molar-refractivity contribution in [3.63, 3.8) is 0 Å². The molecule has 0 bridgehead atoms. The van der Waals surface area contributed by atoms with E-state index in [1.165, 1.54) is 33.4 Å². The lowest BCUT2D eigenvalue weighted by Crippen LogP contribution is -2.14. The first-order valence-corrected chi connectivity index (χ1v) is 11.9. The van der Waals surface area contributed by atoms with E-state index in [1.807, 2.05) is 0 Å². The quantitative estimate of drug-likeness (QED) is 0.271. The Bertz CT molecular complexity index is 1410. The zero-order valence-electron chi connectivity index (χ0n) is 19.6. The Morgan fingerprint density at radius 3 is 1.59 bits per heavy atom. The van der Waals surface area contributed by atoms with Crippen LogP contribution in [0.15, 0.2) is 127 Å². The molecule has 0 fully saturated rings. The maximum absolute atomic E-state index is 2.37. The highest BCUT2D eigenvalue weighted by atomic mass is 15.1. The Hall–Kier alpha value is -4.10. The first-order chi connectivity index (χ1) is 16.6. The number of anilines is 3. The molecule has 5 aromatic carbocycles. The Kier molecular flexibility index (Phi) is 4.85. The van der Waals surface area contributed by atoms with Crippen LogP contribution in [0.5, 0.6) is 0 Å². The summed E-state index contributed by atoms with van der Waals surface area (Å²) in [5, 5.41) is 0. The molecule has 0 saturated carbocycles. The second kappa shape index (κ2) is 8.04. The highest BCUT2D eigenvalue weighted by Gasteiger charge is 2.35. The number of hydrogen-bond donors (Lipinski definition) is 0. The minimum atomic E-state index is 0.0418. The van der Waals surface area contributed by atoms with Gasteiger partial charge in [-0.25, -0.2) is 0 Å². The van der Waals surface area contributed by atoms with E-state index in [4.69, 9.17) is 0 Å². The minimum Gasteiger partial charge on any atom is -0.311 e. The topological polar surface area (TPSA) is 3.24 Å². The van der Waals surface area contributed by atoms with Gasteiger partial charge in [0.25, 0.3) is 0 Å². The van der Waals surface area contributed by atoms with Gasteiger partial charge in [-0.3, -0.25) is 0 Å². The highest BCUT2D eigenvalue weighted by Crippen LogP contribution is 2.49.